The minimum Gasteiger partial charge on any atom is -0.423 e. The highest BCUT2D eigenvalue weighted by molar-refractivity contribution is 5.48. The number of hydrogen-bond donors (Lipinski definition) is 0. The SMILES string of the molecule is CCc1noc(CN2CCN(c3oc(C4CC4)nc3C#N)CC2)n1. The average Bonchev–Trinajstić information content (AvgIpc) is 3.21. The molecule has 0 spiro atoms. The van der Waals surface area contributed by atoms with Gasteiger partial charge in [-0.1, -0.05) is 12.1 Å². The van der Waals surface area contributed by atoms with Gasteiger partial charge in [-0.25, -0.2) is 4.98 Å². The van der Waals surface area contributed by atoms with E-state index in [0.29, 0.717) is 29.9 Å². The predicted octanol–water partition coefficient (Wildman–Crippen LogP) is 1.69. The third-order valence-electron chi connectivity index (χ3n) is 4.50. The summed E-state index contributed by atoms with van der Waals surface area (Å²) in [4.78, 5) is 13.1. The molecule has 0 bridgehead atoms. The second-order valence-corrected chi connectivity index (χ2v) is 6.31. The molecule has 24 heavy (non-hydrogen) atoms. The molecule has 3 heterocycles. The molecular formula is C16H20N6O2. The summed E-state index contributed by atoms with van der Waals surface area (Å²) in [5, 5.41) is 13.2. The lowest BCUT2D eigenvalue weighted by atomic mass is 10.3. The fraction of sp³-hybridized carbons (Fsp3) is 0.625. The van der Waals surface area contributed by atoms with E-state index in [1.54, 1.807) is 0 Å². The van der Waals surface area contributed by atoms with Crippen molar-refractivity contribution in [2.75, 3.05) is 31.1 Å². The maximum absolute atomic E-state index is 9.30. The van der Waals surface area contributed by atoms with Crippen LogP contribution in [-0.4, -0.2) is 46.2 Å². The lowest BCUT2D eigenvalue weighted by Gasteiger charge is -2.33. The van der Waals surface area contributed by atoms with Crippen LogP contribution in [0.25, 0.3) is 0 Å². The zero-order valence-corrected chi connectivity index (χ0v) is 13.7. The molecule has 1 aliphatic carbocycles. The summed E-state index contributed by atoms with van der Waals surface area (Å²) < 4.78 is 11.1. The van der Waals surface area contributed by atoms with Crippen molar-refractivity contribution in [1.29, 1.82) is 5.26 Å². The summed E-state index contributed by atoms with van der Waals surface area (Å²) in [6.07, 6.45) is 3.01. The second-order valence-electron chi connectivity index (χ2n) is 6.31. The van der Waals surface area contributed by atoms with Crippen LogP contribution in [0, 0.1) is 11.3 Å². The van der Waals surface area contributed by atoms with Gasteiger partial charge in [-0.2, -0.15) is 10.2 Å². The van der Waals surface area contributed by atoms with E-state index in [4.69, 9.17) is 8.94 Å². The van der Waals surface area contributed by atoms with Gasteiger partial charge in [0.25, 0.3) is 0 Å². The monoisotopic (exact) mass is 328 g/mol. The third-order valence-corrected chi connectivity index (χ3v) is 4.50. The molecule has 1 saturated heterocycles. The molecule has 8 heteroatoms. The zero-order valence-electron chi connectivity index (χ0n) is 13.7. The van der Waals surface area contributed by atoms with Crippen LogP contribution >= 0.6 is 0 Å². The van der Waals surface area contributed by atoms with E-state index in [-0.39, 0.29) is 0 Å². The Bertz CT molecular complexity index is 749. The number of anilines is 1. The van der Waals surface area contributed by atoms with Crippen LogP contribution in [0.15, 0.2) is 8.94 Å². The van der Waals surface area contributed by atoms with E-state index in [9.17, 15) is 5.26 Å². The van der Waals surface area contributed by atoms with Crippen LogP contribution in [0.5, 0.6) is 0 Å². The first kappa shape index (κ1) is 15.1. The van der Waals surface area contributed by atoms with E-state index in [1.165, 1.54) is 0 Å². The van der Waals surface area contributed by atoms with E-state index >= 15 is 0 Å². The number of rotatable bonds is 5. The number of nitrogens with zero attached hydrogens (tertiary/aromatic N) is 6. The van der Waals surface area contributed by atoms with E-state index in [0.717, 1.165) is 57.2 Å². The van der Waals surface area contributed by atoms with Gasteiger partial charge in [0.15, 0.2) is 5.82 Å². The van der Waals surface area contributed by atoms with Crippen LogP contribution < -0.4 is 4.90 Å². The Hall–Kier alpha value is -2.40. The van der Waals surface area contributed by atoms with Crippen LogP contribution in [0.2, 0.25) is 0 Å². The minimum absolute atomic E-state index is 0.412. The summed E-state index contributed by atoms with van der Waals surface area (Å²) in [5.74, 6) is 3.18. The van der Waals surface area contributed by atoms with Crippen molar-refractivity contribution in [2.24, 2.45) is 0 Å². The zero-order chi connectivity index (χ0) is 16.5. The Labute approximate surface area is 140 Å². The molecule has 2 fully saturated rings. The molecule has 2 aliphatic rings. The molecule has 0 radical (unpaired) electrons. The fourth-order valence-corrected chi connectivity index (χ4v) is 2.92. The number of aromatic nitrogens is 3. The smallest absolute Gasteiger partial charge is 0.240 e. The fourth-order valence-electron chi connectivity index (χ4n) is 2.92. The second kappa shape index (κ2) is 6.24. The lowest BCUT2D eigenvalue weighted by Crippen LogP contribution is -2.46. The normalized spacial score (nSPS) is 18.8. The number of piperazine rings is 1. The predicted molar refractivity (Wildman–Crippen MR) is 84.4 cm³/mol. The topological polar surface area (TPSA) is 95.2 Å². The number of oxazole rings is 1. The largest absolute Gasteiger partial charge is 0.423 e. The Morgan fingerprint density at radius 2 is 2.00 bits per heavy atom. The molecule has 0 amide bonds. The van der Waals surface area contributed by atoms with Gasteiger partial charge in [0.2, 0.25) is 23.4 Å². The first-order chi connectivity index (χ1) is 11.8. The minimum atomic E-state index is 0.412. The van der Waals surface area contributed by atoms with Crippen molar-refractivity contribution in [3.8, 4) is 6.07 Å². The van der Waals surface area contributed by atoms with Gasteiger partial charge in [0.05, 0.1) is 6.54 Å². The standard InChI is InChI=1S/C16H20N6O2/c1-2-13-19-14(24-20-13)10-21-5-7-22(8-6-21)16-12(9-17)18-15(23-16)11-3-4-11/h11H,2-8,10H2,1H3. The molecule has 126 valence electrons. The van der Waals surface area contributed by atoms with Gasteiger partial charge >= 0.3 is 0 Å². The van der Waals surface area contributed by atoms with Crippen LogP contribution in [-0.2, 0) is 13.0 Å². The van der Waals surface area contributed by atoms with Gasteiger partial charge in [0.1, 0.15) is 6.07 Å². The average molecular weight is 328 g/mol. The van der Waals surface area contributed by atoms with Crippen molar-refractivity contribution in [2.45, 2.75) is 38.6 Å². The van der Waals surface area contributed by atoms with Crippen LogP contribution in [0.4, 0.5) is 5.88 Å². The van der Waals surface area contributed by atoms with Crippen molar-refractivity contribution < 1.29 is 8.94 Å². The van der Waals surface area contributed by atoms with Crippen LogP contribution in [0.3, 0.4) is 0 Å². The Morgan fingerprint density at radius 3 is 2.62 bits per heavy atom. The molecule has 2 aromatic rings. The highest BCUT2D eigenvalue weighted by Gasteiger charge is 2.32. The summed E-state index contributed by atoms with van der Waals surface area (Å²) >= 11 is 0. The van der Waals surface area contributed by atoms with Crippen molar-refractivity contribution in [1.82, 2.24) is 20.0 Å². The molecule has 0 atom stereocenters. The van der Waals surface area contributed by atoms with Gasteiger partial charge in [-0.05, 0) is 12.8 Å². The first-order valence-electron chi connectivity index (χ1n) is 8.46. The van der Waals surface area contributed by atoms with Crippen molar-refractivity contribution in [3.05, 3.63) is 23.3 Å². The van der Waals surface area contributed by atoms with Crippen molar-refractivity contribution >= 4 is 5.88 Å². The first-order valence-corrected chi connectivity index (χ1v) is 8.46. The van der Waals surface area contributed by atoms with Crippen molar-refractivity contribution in [3.63, 3.8) is 0 Å². The molecule has 0 N–H and O–H groups in total. The summed E-state index contributed by atoms with van der Waals surface area (Å²) in [5.41, 5.74) is 0.412. The Kier molecular flexibility index (Phi) is 3.94. The number of nitriles is 1. The quantitative estimate of drug-likeness (QED) is 0.818. The molecule has 8 nitrogen and oxygen atoms in total. The summed E-state index contributed by atoms with van der Waals surface area (Å²) in [6.45, 7) is 5.97. The van der Waals surface area contributed by atoms with Gasteiger partial charge in [-0.15, -0.1) is 0 Å². The molecule has 1 saturated carbocycles. The maximum Gasteiger partial charge on any atom is 0.240 e. The lowest BCUT2D eigenvalue weighted by molar-refractivity contribution is 0.212. The third kappa shape index (κ3) is 2.99. The molecule has 0 unspecified atom stereocenters. The molecule has 1 aliphatic heterocycles. The number of hydrogen-bond acceptors (Lipinski definition) is 8. The number of aryl methyl sites for hydroxylation is 1. The van der Waals surface area contributed by atoms with E-state index in [2.05, 4.69) is 31.0 Å². The van der Waals surface area contributed by atoms with Gasteiger partial charge < -0.3 is 13.8 Å². The molecule has 2 aromatic heterocycles. The molecule has 0 aromatic carbocycles. The van der Waals surface area contributed by atoms with Gasteiger partial charge in [-0.3, -0.25) is 4.90 Å². The highest BCUT2D eigenvalue weighted by atomic mass is 16.5. The van der Waals surface area contributed by atoms with Gasteiger partial charge in [0, 0.05) is 38.5 Å². The van der Waals surface area contributed by atoms with E-state index in [1.807, 2.05) is 6.92 Å². The highest BCUT2D eigenvalue weighted by Crippen LogP contribution is 2.41. The van der Waals surface area contributed by atoms with Crippen LogP contribution in [0.1, 0.15) is 49.0 Å². The van der Waals surface area contributed by atoms with E-state index < -0.39 is 0 Å². The Balaban J connectivity index is 1.38. The summed E-state index contributed by atoms with van der Waals surface area (Å²) in [6, 6.07) is 2.16. The Morgan fingerprint density at radius 1 is 1.21 bits per heavy atom. The summed E-state index contributed by atoms with van der Waals surface area (Å²) in [7, 11) is 0. The molecule has 4 rings (SSSR count). The maximum atomic E-state index is 9.30. The molecular weight excluding hydrogens is 308 g/mol.